The Balaban J connectivity index is 1.78. The van der Waals surface area contributed by atoms with E-state index in [-0.39, 0.29) is 24.0 Å². The van der Waals surface area contributed by atoms with Gasteiger partial charge in [-0.3, -0.25) is 9.59 Å². The number of aromatic nitrogens is 2. The maximum absolute atomic E-state index is 13.3. The molecule has 1 unspecified atom stereocenters. The van der Waals surface area contributed by atoms with Crippen LogP contribution in [0.15, 0.2) is 34.7 Å². The molecule has 38 heavy (non-hydrogen) atoms. The zero-order valence-corrected chi connectivity index (χ0v) is 22.9. The van der Waals surface area contributed by atoms with E-state index in [1.807, 2.05) is 20.8 Å². The van der Waals surface area contributed by atoms with E-state index in [0.29, 0.717) is 31.9 Å². The highest BCUT2D eigenvalue weighted by atomic mass is 32.2. The summed E-state index contributed by atoms with van der Waals surface area (Å²) in [5.41, 5.74) is 0.0807. The summed E-state index contributed by atoms with van der Waals surface area (Å²) in [5.74, 6) is -2.35. The van der Waals surface area contributed by atoms with Gasteiger partial charge < -0.3 is 24.7 Å². The second kappa shape index (κ2) is 12.5. The maximum atomic E-state index is 13.3. The summed E-state index contributed by atoms with van der Waals surface area (Å²) in [5, 5.41) is 12.8. The van der Waals surface area contributed by atoms with Gasteiger partial charge in [0.05, 0.1) is 30.8 Å². The normalized spacial score (nSPS) is 15.9. The molecule has 3 rings (SSSR count). The highest BCUT2D eigenvalue weighted by molar-refractivity contribution is 7.90. The van der Waals surface area contributed by atoms with E-state index in [1.54, 1.807) is 37.3 Å². The average molecular weight is 550 g/mol. The molecule has 1 aliphatic heterocycles. The molecule has 2 heterocycles. The van der Waals surface area contributed by atoms with Crippen molar-refractivity contribution in [1.29, 1.82) is 0 Å². The molecule has 2 atom stereocenters. The standard InChI is InChI=1S/C25H35N5O7S/c1-5-18(20(31)22-28-29-23(37-22)25(2,3)4)26-21(32)19(27-24(33)30-11-13-36-14-12-30)16-38(34,35)15-17-9-7-6-8-10-17/h6-10,18-19H,5,11-16H2,1-4H3,(H,26,32)(H,27,33)/t18-,19?/m0/s1. The number of carbonyl (C=O) groups is 3. The van der Waals surface area contributed by atoms with E-state index in [0.717, 1.165) is 0 Å². The number of nitrogens with one attached hydrogen (secondary N) is 2. The second-order valence-electron chi connectivity index (χ2n) is 10.1. The van der Waals surface area contributed by atoms with Crippen molar-refractivity contribution in [2.24, 2.45) is 0 Å². The number of Topliss-reactive ketones (excluding diaryl/α,β-unsaturated/α-hetero) is 1. The molecule has 12 nitrogen and oxygen atoms in total. The number of morpholine rings is 1. The number of carbonyl (C=O) groups excluding carboxylic acids is 3. The third kappa shape index (κ3) is 8.09. The van der Waals surface area contributed by atoms with Gasteiger partial charge >= 0.3 is 6.03 Å². The van der Waals surface area contributed by atoms with Crippen LogP contribution in [-0.4, -0.2) is 85.4 Å². The zero-order valence-electron chi connectivity index (χ0n) is 22.1. The lowest BCUT2D eigenvalue weighted by Gasteiger charge is -2.29. The number of hydrogen-bond donors (Lipinski definition) is 2. The number of ether oxygens (including phenoxy) is 1. The Morgan fingerprint density at radius 1 is 1.03 bits per heavy atom. The first kappa shape index (κ1) is 29.2. The van der Waals surface area contributed by atoms with E-state index in [1.165, 1.54) is 4.90 Å². The average Bonchev–Trinajstić information content (AvgIpc) is 3.38. The second-order valence-corrected chi connectivity index (χ2v) is 12.2. The van der Waals surface area contributed by atoms with E-state index in [4.69, 9.17) is 9.15 Å². The molecule has 1 aromatic heterocycles. The number of benzene rings is 1. The van der Waals surface area contributed by atoms with Crippen molar-refractivity contribution >= 4 is 27.6 Å². The molecular weight excluding hydrogens is 514 g/mol. The minimum atomic E-state index is -3.83. The Hall–Kier alpha value is -3.32. The number of rotatable bonds is 10. The van der Waals surface area contributed by atoms with Crippen LogP contribution >= 0.6 is 0 Å². The monoisotopic (exact) mass is 549 g/mol. The molecule has 1 saturated heterocycles. The lowest BCUT2D eigenvalue weighted by atomic mass is 9.97. The molecule has 0 spiro atoms. The van der Waals surface area contributed by atoms with Crippen molar-refractivity contribution in [3.05, 3.63) is 47.7 Å². The molecule has 0 radical (unpaired) electrons. The summed E-state index contributed by atoms with van der Waals surface area (Å²) in [6.45, 7) is 8.52. The van der Waals surface area contributed by atoms with Gasteiger partial charge in [-0.1, -0.05) is 58.0 Å². The largest absolute Gasteiger partial charge is 0.418 e. The predicted molar refractivity (Wildman–Crippen MR) is 138 cm³/mol. The quantitative estimate of drug-likeness (QED) is 0.418. The van der Waals surface area contributed by atoms with E-state index in [2.05, 4.69) is 20.8 Å². The fourth-order valence-electron chi connectivity index (χ4n) is 3.73. The lowest BCUT2D eigenvalue weighted by molar-refractivity contribution is -0.123. The topological polar surface area (TPSA) is 161 Å². The third-order valence-electron chi connectivity index (χ3n) is 5.88. The van der Waals surface area contributed by atoms with E-state index in [9.17, 15) is 22.8 Å². The highest BCUT2D eigenvalue weighted by Gasteiger charge is 2.34. The van der Waals surface area contributed by atoms with Gasteiger partial charge in [0.1, 0.15) is 6.04 Å². The summed E-state index contributed by atoms with van der Waals surface area (Å²) in [6, 6.07) is 5.45. The Morgan fingerprint density at radius 3 is 2.26 bits per heavy atom. The molecule has 0 aliphatic carbocycles. The number of hydrogen-bond acceptors (Lipinski definition) is 9. The molecule has 13 heteroatoms. The van der Waals surface area contributed by atoms with Gasteiger partial charge in [0.25, 0.3) is 5.89 Å². The number of amides is 3. The first-order valence-electron chi connectivity index (χ1n) is 12.5. The van der Waals surface area contributed by atoms with E-state index < -0.39 is 50.8 Å². The first-order valence-corrected chi connectivity index (χ1v) is 14.3. The van der Waals surface area contributed by atoms with Crippen LogP contribution in [0, 0.1) is 0 Å². The van der Waals surface area contributed by atoms with Crippen LogP contribution in [0.4, 0.5) is 4.79 Å². The van der Waals surface area contributed by atoms with Crippen molar-refractivity contribution in [3.8, 4) is 0 Å². The van der Waals surface area contributed by atoms with Gasteiger partial charge in [-0.25, -0.2) is 13.2 Å². The molecule has 2 aromatic rings. The summed E-state index contributed by atoms with van der Waals surface area (Å²) in [7, 11) is -3.83. The van der Waals surface area contributed by atoms with Gasteiger partial charge in [-0.2, -0.15) is 0 Å². The van der Waals surface area contributed by atoms with E-state index >= 15 is 0 Å². The molecule has 3 amide bonds. The molecule has 208 valence electrons. The maximum Gasteiger partial charge on any atom is 0.318 e. The van der Waals surface area contributed by atoms with Crippen LogP contribution in [0.2, 0.25) is 0 Å². The molecule has 0 bridgehead atoms. The van der Waals surface area contributed by atoms with Gasteiger partial charge in [0.15, 0.2) is 9.84 Å². The van der Waals surface area contributed by atoms with Gasteiger partial charge in [-0.15, -0.1) is 10.2 Å². The van der Waals surface area contributed by atoms with Crippen LogP contribution in [0.5, 0.6) is 0 Å². The summed E-state index contributed by atoms with van der Waals surface area (Å²) in [4.78, 5) is 40.6. The first-order chi connectivity index (χ1) is 17.9. The highest BCUT2D eigenvalue weighted by Crippen LogP contribution is 2.21. The number of urea groups is 1. The van der Waals surface area contributed by atoms with Crippen LogP contribution in [0.3, 0.4) is 0 Å². The lowest BCUT2D eigenvalue weighted by Crippen LogP contribution is -2.57. The zero-order chi connectivity index (χ0) is 27.9. The number of ketones is 1. The van der Waals surface area contributed by atoms with Crippen molar-refractivity contribution in [2.45, 2.75) is 57.4 Å². The number of sulfone groups is 1. The summed E-state index contributed by atoms with van der Waals surface area (Å²) >= 11 is 0. The molecule has 2 N–H and O–H groups in total. The molecule has 1 aromatic carbocycles. The van der Waals surface area contributed by atoms with Crippen LogP contribution in [0.1, 0.15) is 56.3 Å². The van der Waals surface area contributed by atoms with Crippen LogP contribution in [-0.2, 0) is 30.5 Å². The molecule has 1 aliphatic rings. The Bertz CT molecular complexity index is 1220. The van der Waals surface area contributed by atoms with Crippen LogP contribution < -0.4 is 10.6 Å². The predicted octanol–water partition coefficient (Wildman–Crippen LogP) is 1.47. The van der Waals surface area contributed by atoms with Crippen molar-refractivity contribution in [1.82, 2.24) is 25.7 Å². The summed E-state index contributed by atoms with van der Waals surface area (Å²) < 4.78 is 36.8. The molecular formula is C25H35N5O7S. The molecule has 1 fully saturated rings. The Morgan fingerprint density at radius 2 is 1.68 bits per heavy atom. The summed E-state index contributed by atoms with van der Waals surface area (Å²) in [6.07, 6.45) is 0.179. The smallest absolute Gasteiger partial charge is 0.318 e. The Kier molecular flexibility index (Phi) is 9.60. The van der Waals surface area contributed by atoms with Gasteiger partial charge in [0, 0.05) is 18.5 Å². The molecule has 0 saturated carbocycles. The van der Waals surface area contributed by atoms with Gasteiger partial charge in [-0.05, 0) is 12.0 Å². The van der Waals surface area contributed by atoms with Crippen molar-refractivity contribution < 1.29 is 32.0 Å². The fourth-order valence-corrected chi connectivity index (χ4v) is 5.29. The van der Waals surface area contributed by atoms with Gasteiger partial charge in [0.2, 0.25) is 17.6 Å². The van der Waals surface area contributed by atoms with Crippen molar-refractivity contribution in [3.63, 3.8) is 0 Å². The van der Waals surface area contributed by atoms with Crippen LogP contribution in [0.25, 0.3) is 0 Å². The minimum Gasteiger partial charge on any atom is -0.418 e. The Labute approximate surface area is 222 Å². The SMILES string of the molecule is CC[C@H](NC(=O)C(CS(=O)(=O)Cc1ccccc1)NC(=O)N1CCOCC1)C(=O)c1nnc(C(C)(C)C)o1. The van der Waals surface area contributed by atoms with Crippen molar-refractivity contribution in [2.75, 3.05) is 32.1 Å². The third-order valence-corrected chi connectivity index (χ3v) is 7.50. The fraction of sp³-hybridized carbons (Fsp3) is 0.560. The number of nitrogens with zero attached hydrogens (tertiary/aromatic N) is 3. The minimum absolute atomic E-state index is 0.179.